The van der Waals surface area contributed by atoms with Gasteiger partial charge in [-0.3, -0.25) is 0 Å². The van der Waals surface area contributed by atoms with Crippen molar-refractivity contribution in [2.45, 2.75) is 50.2 Å². The quantitative estimate of drug-likeness (QED) is 0.488. The summed E-state index contributed by atoms with van der Waals surface area (Å²) >= 11 is 0. The molecule has 0 aromatic heterocycles. The molecule has 4 atom stereocenters. The van der Waals surface area contributed by atoms with Crippen LogP contribution in [0.5, 0.6) is 0 Å². The Balaban J connectivity index is 1.17. The van der Waals surface area contributed by atoms with E-state index in [2.05, 4.69) is 72.2 Å². The summed E-state index contributed by atoms with van der Waals surface area (Å²) in [5.74, 6) is 0. The predicted molar refractivity (Wildman–Crippen MR) is 128 cm³/mol. The van der Waals surface area contributed by atoms with Gasteiger partial charge in [-0.1, -0.05) is 38.1 Å². The van der Waals surface area contributed by atoms with Crippen LogP contribution in [-0.4, -0.2) is 70.6 Å². The first kappa shape index (κ1) is 21.4. The second-order valence-corrected chi connectivity index (χ2v) is 10.3. The smallest absolute Gasteiger partial charge is 0.132 e. The van der Waals surface area contributed by atoms with Crippen LogP contribution in [0.2, 0.25) is 0 Å². The predicted octanol–water partition coefficient (Wildman–Crippen LogP) is 3.57. The zero-order valence-electron chi connectivity index (χ0n) is 19.6. The van der Waals surface area contributed by atoms with Crippen molar-refractivity contribution < 1.29 is 18.9 Å². The first-order valence-corrected chi connectivity index (χ1v) is 12.3. The Bertz CT molecular complexity index is 931. The summed E-state index contributed by atoms with van der Waals surface area (Å²) < 4.78 is 22.2. The van der Waals surface area contributed by atoms with Crippen LogP contribution < -0.4 is 9.80 Å². The summed E-state index contributed by atoms with van der Waals surface area (Å²) in [6.45, 7) is 10.9. The third-order valence-corrected chi connectivity index (χ3v) is 7.35. The summed E-state index contributed by atoms with van der Waals surface area (Å²) in [5.41, 5.74) is 5.00. The molecule has 2 aromatic carbocycles. The summed E-state index contributed by atoms with van der Waals surface area (Å²) in [6.07, 6.45) is 2.36. The van der Waals surface area contributed by atoms with Crippen LogP contribution in [-0.2, 0) is 24.4 Å². The van der Waals surface area contributed by atoms with E-state index in [4.69, 9.17) is 18.9 Å². The molecule has 6 nitrogen and oxygen atoms in total. The van der Waals surface area contributed by atoms with Crippen molar-refractivity contribution in [1.29, 1.82) is 0 Å². The van der Waals surface area contributed by atoms with Crippen LogP contribution in [0.4, 0.5) is 11.4 Å². The third-order valence-electron chi connectivity index (χ3n) is 7.35. The maximum absolute atomic E-state index is 5.78. The Morgan fingerprint density at radius 1 is 0.697 bits per heavy atom. The average Bonchev–Trinajstić information content (AvgIpc) is 3.63. The Morgan fingerprint density at radius 3 is 1.58 bits per heavy atom. The first-order chi connectivity index (χ1) is 16.1. The number of hydrogen-bond donors (Lipinski definition) is 0. The van der Waals surface area contributed by atoms with Crippen LogP contribution in [0.15, 0.2) is 48.5 Å². The summed E-state index contributed by atoms with van der Waals surface area (Å²) in [6, 6.07) is 18.1. The Hall–Kier alpha value is -2.12. The van der Waals surface area contributed by atoms with Gasteiger partial charge in [0.25, 0.3) is 0 Å². The molecule has 0 amide bonds. The number of nitrogens with zero attached hydrogens (tertiary/aromatic N) is 2. The van der Waals surface area contributed by atoms with E-state index in [1.54, 1.807) is 0 Å². The fourth-order valence-electron chi connectivity index (χ4n) is 4.70. The Labute approximate surface area is 196 Å². The lowest BCUT2D eigenvalue weighted by atomic mass is 9.78. The normalized spacial score (nSPS) is 27.6. The lowest BCUT2D eigenvalue weighted by Crippen LogP contribution is -2.46. The van der Waals surface area contributed by atoms with E-state index in [0.717, 1.165) is 52.5 Å². The highest BCUT2D eigenvalue weighted by atomic mass is 16.6. The molecule has 4 fully saturated rings. The van der Waals surface area contributed by atoms with Crippen LogP contribution in [0, 0.1) is 0 Å². The van der Waals surface area contributed by atoms with Crippen molar-refractivity contribution in [3.63, 3.8) is 0 Å². The zero-order valence-corrected chi connectivity index (χ0v) is 19.6. The molecule has 0 spiro atoms. The van der Waals surface area contributed by atoms with Crippen LogP contribution in [0.1, 0.15) is 31.4 Å². The maximum Gasteiger partial charge on any atom is 0.132 e. The molecule has 0 bridgehead atoms. The molecule has 0 radical (unpaired) electrons. The Morgan fingerprint density at radius 2 is 1.15 bits per heavy atom. The molecule has 4 aliphatic rings. The summed E-state index contributed by atoms with van der Waals surface area (Å²) in [5, 5.41) is 0. The molecule has 4 unspecified atom stereocenters. The second kappa shape index (κ2) is 8.58. The highest BCUT2D eigenvalue weighted by Gasteiger charge is 2.34. The van der Waals surface area contributed by atoms with Crippen molar-refractivity contribution in [1.82, 2.24) is 0 Å². The van der Waals surface area contributed by atoms with Crippen LogP contribution in [0.25, 0.3) is 0 Å². The van der Waals surface area contributed by atoms with E-state index in [9.17, 15) is 0 Å². The van der Waals surface area contributed by atoms with Crippen LogP contribution in [0.3, 0.4) is 0 Å². The van der Waals surface area contributed by atoms with E-state index in [0.29, 0.717) is 18.3 Å². The molecule has 6 rings (SSSR count). The van der Waals surface area contributed by atoms with Crippen molar-refractivity contribution >= 4 is 11.4 Å². The fraction of sp³-hybridized carbons (Fsp3) is 0.556. The standard InChI is InChI=1S/C27H34N2O4/c1-27(2,19-3-7-21(8-4-19)28(13-23-16-31-23)14-24-17-32-24)20-5-9-22(10-6-20)29(15-25-18-33-25)26-11-12-30-26/h3-10,23-26H,11-18H2,1-2H3. The highest BCUT2D eigenvalue weighted by molar-refractivity contribution is 5.54. The molecular formula is C27H34N2O4. The number of benzene rings is 2. The molecule has 0 aliphatic carbocycles. The van der Waals surface area contributed by atoms with E-state index in [1.165, 1.54) is 22.5 Å². The van der Waals surface area contributed by atoms with Gasteiger partial charge in [0.15, 0.2) is 0 Å². The van der Waals surface area contributed by atoms with Crippen molar-refractivity contribution in [2.75, 3.05) is 55.9 Å². The number of ether oxygens (including phenoxy) is 4. The van der Waals surface area contributed by atoms with Crippen LogP contribution >= 0.6 is 0 Å². The third kappa shape index (κ3) is 4.90. The fourth-order valence-corrected chi connectivity index (χ4v) is 4.70. The van der Waals surface area contributed by atoms with Crippen molar-refractivity contribution in [3.8, 4) is 0 Å². The molecule has 176 valence electrons. The topological polar surface area (TPSA) is 53.3 Å². The van der Waals surface area contributed by atoms with Gasteiger partial charge in [0.2, 0.25) is 0 Å². The number of hydrogen-bond acceptors (Lipinski definition) is 6. The van der Waals surface area contributed by atoms with Crippen molar-refractivity contribution in [3.05, 3.63) is 59.7 Å². The molecule has 4 heterocycles. The molecule has 2 aromatic rings. The van der Waals surface area contributed by atoms with Gasteiger partial charge in [-0.15, -0.1) is 0 Å². The maximum atomic E-state index is 5.78. The van der Waals surface area contributed by atoms with Gasteiger partial charge in [-0.05, 0) is 35.4 Å². The number of anilines is 2. The number of epoxide rings is 3. The van der Waals surface area contributed by atoms with E-state index in [-0.39, 0.29) is 11.6 Å². The van der Waals surface area contributed by atoms with Gasteiger partial charge < -0.3 is 28.7 Å². The van der Waals surface area contributed by atoms with Gasteiger partial charge in [-0.25, -0.2) is 0 Å². The molecule has 0 N–H and O–H groups in total. The second-order valence-electron chi connectivity index (χ2n) is 10.3. The van der Waals surface area contributed by atoms with Gasteiger partial charge >= 0.3 is 0 Å². The molecule has 4 aliphatic heterocycles. The first-order valence-electron chi connectivity index (χ1n) is 12.3. The molecule has 6 heteroatoms. The van der Waals surface area contributed by atoms with Crippen molar-refractivity contribution in [2.24, 2.45) is 0 Å². The van der Waals surface area contributed by atoms with Gasteiger partial charge in [0, 0.05) is 42.8 Å². The minimum Gasteiger partial charge on any atom is -0.371 e. The Kier molecular flexibility index (Phi) is 5.57. The highest BCUT2D eigenvalue weighted by Crippen LogP contribution is 2.35. The SMILES string of the molecule is CC(C)(c1ccc(N(CC2CO2)CC2CO2)cc1)c1ccc(N(CC2CO2)C2CCO2)cc1. The zero-order chi connectivity index (χ0) is 22.4. The lowest BCUT2D eigenvalue weighted by molar-refractivity contribution is -0.0516. The average molecular weight is 451 g/mol. The van der Waals surface area contributed by atoms with E-state index in [1.807, 2.05) is 0 Å². The molecule has 0 saturated carbocycles. The largest absolute Gasteiger partial charge is 0.371 e. The minimum absolute atomic E-state index is 0.0848. The minimum atomic E-state index is -0.0848. The number of rotatable bonds is 11. The van der Waals surface area contributed by atoms with E-state index >= 15 is 0 Å². The van der Waals surface area contributed by atoms with Gasteiger partial charge in [-0.2, -0.15) is 0 Å². The monoisotopic (exact) mass is 450 g/mol. The summed E-state index contributed by atoms with van der Waals surface area (Å²) in [4.78, 5) is 4.76. The molecular weight excluding hydrogens is 416 g/mol. The van der Waals surface area contributed by atoms with E-state index < -0.39 is 0 Å². The van der Waals surface area contributed by atoms with Gasteiger partial charge in [0.1, 0.15) is 6.23 Å². The summed E-state index contributed by atoms with van der Waals surface area (Å²) in [7, 11) is 0. The molecule has 4 saturated heterocycles. The lowest BCUT2D eigenvalue weighted by Gasteiger charge is -2.39. The van der Waals surface area contributed by atoms with Gasteiger partial charge in [0.05, 0.1) is 44.7 Å². The molecule has 33 heavy (non-hydrogen) atoms.